The van der Waals surface area contributed by atoms with Gasteiger partial charge in [-0.2, -0.15) is 21.4 Å². The minimum absolute atomic E-state index is 0.0368. The lowest BCUT2D eigenvalue weighted by Crippen LogP contribution is -2.27. The van der Waals surface area contributed by atoms with Gasteiger partial charge in [0, 0.05) is 48.6 Å². The monoisotopic (exact) mass is 463 g/mol. The number of aryl methyl sites for hydroxylation is 2. The number of aromatic nitrogens is 4. The molecule has 0 radical (unpaired) electrons. The molecule has 1 fully saturated rings. The first-order valence-corrected chi connectivity index (χ1v) is 12.8. The summed E-state index contributed by atoms with van der Waals surface area (Å²) in [7, 11) is -1.24. The van der Waals surface area contributed by atoms with Gasteiger partial charge in [0.1, 0.15) is 0 Å². The van der Waals surface area contributed by atoms with Crippen molar-refractivity contribution in [2.45, 2.75) is 45.7 Å². The smallest absolute Gasteiger partial charge is 0.227 e. The molecular weight excluding hydrogens is 438 g/mol. The van der Waals surface area contributed by atoms with Crippen molar-refractivity contribution in [3.8, 4) is 11.4 Å². The van der Waals surface area contributed by atoms with Crippen LogP contribution in [0.3, 0.4) is 0 Å². The lowest BCUT2D eigenvalue weighted by Gasteiger charge is -2.18. The number of thiophene rings is 1. The predicted octanol–water partition coefficient (Wildman–Crippen LogP) is 2.56. The van der Waals surface area contributed by atoms with Gasteiger partial charge in [-0.05, 0) is 31.7 Å². The molecule has 1 aliphatic rings. The van der Waals surface area contributed by atoms with Crippen LogP contribution in [-0.2, 0) is 27.6 Å². The first kappa shape index (κ1) is 21.7. The zero-order chi connectivity index (χ0) is 22.2. The zero-order valence-corrected chi connectivity index (χ0v) is 19.4. The molecule has 3 aromatic rings. The number of rotatable bonds is 7. The number of hydrogen-bond donors (Lipinski definition) is 0. The fraction of sp³-hybridized carbons (Fsp3) is 0.500. The van der Waals surface area contributed by atoms with Crippen molar-refractivity contribution < 1.29 is 17.7 Å². The van der Waals surface area contributed by atoms with E-state index in [9.17, 15) is 13.2 Å². The molecule has 4 heterocycles. The van der Waals surface area contributed by atoms with Crippen molar-refractivity contribution in [3.05, 3.63) is 39.7 Å². The Balaban J connectivity index is 1.37. The molecule has 0 spiro atoms. The maximum atomic E-state index is 12.7. The Bertz CT molecular complexity index is 1180. The summed E-state index contributed by atoms with van der Waals surface area (Å²) in [4.78, 5) is 18.7. The molecule has 1 saturated heterocycles. The molecule has 1 unspecified atom stereocenters. The molecule has 3 aromatic heterocycles. The van der Waals surface area contributed by atoms with E-state index in [1.807, 2.05) is 35.4 Å². The number of carbonyl (C=O) groups is 1. The second-order valence-corrected chi connectivity index (χ2v) is 10.9. The first-order valence-electron chi connectivity index (χ1n) is 10.1. The van der Waals surface area contributed by atoms with E-state index in [0.717, 1.165) is 22.5 Å². The highest BCUT2D eigenvalue weighted by atomic mass is 32.2. The van der Waals surface area contributed by atoms with E-state index < -0.39 is 9.84 Å². The Morgan fingerprint density at radius 3 is 2.87 bits per heavy atom. The van der Waals surface area contributed by atoms with Crippen LogP contribution in [0.15, 0.2) is 21.3 Å². The van der Waals surface area contributed by atoms with Crippen LogP contribution in [0.25, 0.3) is 11.4 Å². The van der Waals surface area contributed by atoms with Crippen molar-refractivity contribution in [2.24, 2.45) is 0 Å². The molecule has 0 N–H and O–H groups in total. The number of hydrogen-bond acceptors (Lipinski definition) is 8. The minimum atomic E-state index is -2.99. The van der Waals surface area contributed by atoms with Gasteiger partial charge in [-0.15, -0.1) is 0 Å². The van der Waals surface area contributed by atoms with Crippen LogP contribution in [-0.4, -0.2) is 57.7 Å². The summed E-state index contributed by atoms with van der Waals surface area (Å²) in [5, 5.41) is 12.4. The van der Waals surface area contributed by atoms with Gasteiger partial charge < -0.3 is 9.42 Å². The van der Waals surface area contributed by atoms with E-state index in [-0.39, 0.29) is 29.9 Å². The topological polar surface area (TPSA) is 111 Å². The largest absolute Gasteiger partial charge is 0.341 e. The summed E-state index contributed by atoms with van der Waals surface area (Å²) < 4.78 is 30.7. The van der Waals surface area contributed by atoms with E-state index in [4.69, 9.17) is 4.52 Å². The third-order valence-corrected chi connectivity index (χ3v) is 8.08. The Morgan fingerprint density at radius 1 is 1.39 bits per heavy atom. The van der Waals surface area contributed by atoms with Crippen molar-refractivity contribution in [1.29, 1.82) is 0 Å². The van der Waals surface area contributed by atoms with Crippen molar-refractivity contribution in [2.75, 3.05) is 18.6 Å². The summed E-state index contributed by atoms with van der Waals surface area (Å²) in [5.41, 5.74) is 3.59. The predicted molar refractivity (Wildman–Crippen MR) is 116 cm³/mol. The molecule has 166 valence electrons. The third-order valence-electron chi connectivity index (χ3n) is 5.65. The van der Waals surface area contributed by atoms with Crippen LogP contribution >= 0.6 is 11.3 Å². The minimum Gasteiger partial charge on any atom is -0.341 e. The second-order valence-electron chi connectivity index (χ2n) is 7.92. The van der Waals surface area contributed by atoms with Gasteiger partial charge in [0.05, 0.1) is 23.2 Å². The van der Waals surface area contributed by atoms with Gasteiger partial charge in [0.2, 0.25) is 17.6 Å². The molecule has 0 aliphatic carbocycles. The Morgan fingerprint density at radius 2 is 2.19 bits per heavy atom. The highest BCUT2D eigenvalue weighted by Gasteiger charge is 2.31. The van der Waals surface area contributed by atoms with E-state index in [1.54, 1.807) is 23.3 Å². The molecule has 0 aromatic carbocycles. The number of nitrogens with zero attached hydrogens (tertiary/aromatic N) is 5. The average Bonchev–Trinajstić information content (AvgIpc) is 3.50. The zero-order valence-electron chi connectivity index (χ0n) is 17.7. The summed E-state index contributed by atoms with van der Waals surface area (Å²) in [6, 6.07) is 1.79. The average molecular weight is 464 g/mol. The Hall–Kier alpha value is -2.53. The van der Waals surface area contributed by atoms with Gasteiger partial charge in [0.25, 0.3) is 0 Å². The molecule has 1 amide bonds. The Kier molecular flexibility index (Phi) is 5.98. The SMILES string of the molecule is Cc1nn(C2CCS(=O)(=O)C2)c(C)c1CN(C)C(=O)CCc1nc(-c2ccsc2)no1. The molecule has 4 rings (SSSR count). The molecule has 11 heteroatoms. The fourth-order valence-corrected chi connectivity index (χ4v) is 6.17. The lowest BCUT2D eigenvalue weighted by molar-refractivity contribution is -0.130. The van der Waals surface area contributed by atoms with Crippen LogP contribution < -0.4 is 0 Å². The summed E-state index contributed by atoms with van der Waals surface area (Å²) in [5.74, 6) is 1.26. The normalized spacial score (nSPS) is 17.8. The van der Waals surface area contributed by atoms with Crippen LogP contribution in [0.4, 0.5) is 0 Å². The molecule has 1 aliphatic heterocycles. The van der Waals surface area contributed by atoms with Crippen LogP contribution in [0, 0.1) is 13.8 Å². The van der Waals surface area contributed by atoms with Gasteiger partial charge in [-0.25, -0.2) is 8.42 Å². The van der Waals surface area contributed by atoms with Crippen molar-refractivity contribution in [3.63, 3.8) is 0 Å². The van der Waals surface area contributed by atoms with E-state index >= 15 is 0 Å². The van der Waals surface area contributed by atoms with Crippen molar-refractivity contribution >= 4 is 27.1 Å². The van der Waals surface area contributed by atoms with Gasteiger partial charge >= 0.3 is 0 Å². The summed E-state index contributed by atoms with van der Waals surface area (Å²) in [6.07, 6.45) is 1.21. The van der Waals surface area contributed by atoms with Crippen molar-refractivity contribution in [1.82, 2.24) is 24.8 Å². The second kappa shape index (κ2) is 8.54. The summed E-state index contributed by atoms with van der Waals surface area (Å²) >= 11 is 1.56. The molecule has 0 saturated carbocycles. The number of amides is 1. The first-order chi connectivity index (χ1) is 14.7. The molecule has 31 heavy (non-hydrogen) atoms. The Labute approximate surface area is 185 Å². The standard InChI is InChI=1S/C20H25N5O4S2/c1-13-17(14(2)25(22-13)16-7-9-31(27,28)12-16)10-24(3)19(26)5-4-18-21-20(23-29-18)15-6-8-30-11-15/h6,8,11,16H,4-5,7,9-10,12H2,1-3H3. The van der Waals surface area contributed by atoms with E-state index in [1.165, 1.54) is 0 Å². The quantitative estimate of drug-likeness (QED) is 0.529. The maximum Gasteiger partial charge on any atom is 0.227 e. The molecule has 9 nitrogen and oxygen atoms in total. The summed E-state index contributed by atoms with van der Waals surface area (Å²) in [6.45, 7) is 4.24. The van der Waals surface area contributed by atoms with Crippen LogP contribution in [0.1, 0.15) is 41.7 Å². The van der Waals surface area contributed by atoms with Crippen LogP contribution in [0.2, 0.25) is 0 Å². The van der Waals surface area contributed by atoms with E-state index in [0.29, 0.717) is 31.1 Å². The number of carbonyl (C=O) groups excluding carboxylic acids is 1. The molecule has 1 atom stereocenters. The molecular formula is C20H25N5O4S2. The highest BCUT2D eigenvalue weighted by molar-refractivity contribution is 7.91. The van der Waals surface area contributed by atoms with Crippen LogP contribution in [0.5, 0.6) is 0 Å². The van der Waals surface area contributed by atoms with E-state index in [2.05, 4.69) is 15.2 Å². The van der Waals surface area contributed by atoms with Gasteiger partial charge in [0.15, 0.2) is 9.84 Å². The highest BCUT2D eigenvalue weighted by Crippen LogP contribution is 2.27. The third kappa shape index (κ3) is 4.72. The maximum absolute atomic E-state index is 12.7. The van der Waals surface area contributed by atoms with Gasteiger partial charge in [-0.1, -0.05) is 5.16 Å². The lowest BCUT2D eigenvalue weighted by atomic mass is 10.1. The fourth-order valence-electron chi connectivity index (χ4n) is 3.85. The molecule has 0 bridgehead atoms. The number of sulfone groups is 1. The van der Waals surface area contributed by atoms with Gasteiger partial charge in [-0.3, -0.25) is 9.48 Å².